The number of urea groups is 1. The van der Waals surface area contributed by atoms with Gasteiger partial charge in [0.25, 0.3) is 0 Å². The van der Waals surface area contributed by atoms with Crippen molar-refractivity contribution in [2.24, 2.45) is 51.2 Å². The first-order valence-electron chi connectivity index (χ1n) is 23.7. The molecule has 348 valence electrons. The van der Waals surface area contributed by atoms with E-state index in [1.807, 2.05) is 17.0 Å². The average Bonchev–Trinajstić information content (AvgIpc) is 3.58. The maximum atomic E-state index is 14.9. The van der Waals surface area contributed by atoms with Gasteiger partial charge in [0.05, 0.1) is 28.6 Å². The number of rotatable bonds is 10. The summed E-state index contributed by atoms with van der Waals surface area (Å²) in [7, 11) is -5.02. The van der Waals surface area contributed by atoms with Crippen molar-refractivity contribution < 1.29 is 32.9 Å². The van der Waals surface area contributed by atoms with Crippen molar-refractivity contribution >= 4 is 38.8 Å². The molecule has 5 aliphatic carbocycles. The number of aromatic carboxylic acids is 1. The summed E-state index contributed by atoms with van der Waals surface area (Å²) in [4.78, 5) is 33.1. The predicted octanol–water partition coefficient (Wildman–Crippen LogP) is 9.93. The van der Waals surface area contributed by atoms with Gasteiger partial charge >= 0.3 is 12.0 Å². The molecule has 2 heterocycles. The number of carboxylic acid groups (broad SMARTS) is 1. The normalized spacial score (nSPS) is 39.7. The number of hydrogen-bond donors (Lipinski definition) is 6. The zero-order chi connectivity index (χ0) is 44.7. The van der Waals surface area contributed by atoms with Crippen LogP contribution in [-0.4, -0.2) is 131 Å². The lowest BCUT2D eigenvalue weighted by atomic mass is 9.33. The number of benzene rings is 1. The molecule has 2 amide bonds. The molecule has 0 radical (unpaired) electrons. The largest absolute Gasteiger partial charge is 0.478 e. The molecule has 62 heavy (non-hydrogen) atoms. The van der Waals surface area contributed by atoms with Crippen molar-refractivity contribution in [2.45, 2.75) is 105 Å². The van der Waals surface area contributed by atoms with Crippen molar-refractivity contribution in [3.8, 4) is 0 Å². The number of hydrogen-bond acceptors (Lipinski definition) is 8. The topological polar surface area (TPSA) is 157 Å². The maximum Gasteiger partial charge on any atom is 0.335 e. The van der Waals surface area contributed by atoms with Crippen molar-refractivity contribution in [3.05, 3.63) is 53.6 Å². The second-order valence-electron chi connectivity index (χ2n) is 22.3. The summed E-state index contributed by atoms with van der Waals surface area (Å²) in [5, 5.41) is 13.4. The van der Waals surface area contributed by atoms with Crippen molar-refractivity contribution in [3.63, 3.8) is 0 Å². The van der Waals surface area contributed by atoms with Crippen LogP contribution in [0.2, 0.25) is 0 Å². The van der Waals surface area contributed by atoms with Gasteiger partial charge in [0.15, 0.2) is 0 Å². The second-order valence-corrected chi connectivity index (χ2v) is 27.1. The first kappa shape index (κ1) is 46.4. The first-order valence-corrected chi connectivity index (χ1v) is 27.5. The van der Waals surface area contributed by atoms with Crippen LogP contribution in [0.4, 0.5) is 4.79 Å². The Hall–Kier alpha value is -2.10. The Morgan fingerprint density at radius 3 is 1.90 bits per heavy atom. The zero-order valence-corrected chi connectivity index (χ0v) is 40.2. The highest BCUT2D eigenvalue weighted by atomic mass is 32.3. The molecular formula is C49H78N4O7S2. The molecular weight excluding hydrogens is 821 g/mol. The zero-order valence-electron chi connectivity index (χ0n) is 38.5. The van der Waals surface area contributed by atoms with E-state index in [9.17, 15) is 32.9 Å². The fourth-order valence-corrected chi connectivity index (χ4v) is 18.0. The van der Waals surface area contributed by atoms with E-state index >= 15 is 0 Å². The molecule has 9 atom stereocenters. The van der Waals surface area contributed by atoms with Crippen LogP contribution in [0.3, 0.4) is 0 Å². The summed E-state index contributed by atoms with van der Waals surface area (Å²) in [6, 6.07) is 7.51. The van der Waals surface area contributed by atoms with Gasteiger partial charge in [-0.2, -0.15) is 21.2 Å². The van der Waals surface area contributed by atoms with E-state index in [2.05, 4.69) is 69.3 Å². The van der Waals surface area contributed by atoms with Crippen LogP contribution >= 0.6 is 21.2 Å². The Balaban J connectivity index is 1.03. The minimum Gasteiger partial charge on any atom is -0.478 e. The van der Waals surface area contributed by atoms with Crippen LogP contribution in [0.25, 0.3) is 5.57 Å². The number of amides is 2. The van der Waals surface area contributed by atoms with E-state index in [0.29, 0.717) is 111 Å². The third-order valence-electron chi connectivity index (χ3n) is 19.0. The molecule has 13 heteroatoms. The summed E-state index contributed by atoms with van der Waals surface area (Å²) in [5.74, 6) is 2.85. The molecule has 4 saturated carbocycles. The van der Waals surface area contributed by atoms with Gasteiger partial charge in [0.1, 0.15) is 0 Å². The highest BCUT2D eigenvalue weighted by Gasteiger charge is 2.70. The molecule has 2 saturated heterocycles. The Kier molecular flexibility index (Phi) is 12.5. The Morgan fingerprint density at radius 2 is 1.35 bits per heavy atom. The molecule has 2 aliphatic heterocycles. The molecule has 0 bridgehead atoms. The molecule has 6 fully saturated rings. The van der Waals surface area contributed by atoms with Crippen molar-refractivity contribution in [2.75, 3.05) is 75.4 Å². The number of fused-ring (bicyclic) bond motifs is 7. The molecule has 0 aromatic heterocycles. The third-order valence-corrected chi connectivity index (χ3v) is 22.4. The summed E-state index contributed by atoms with van der Waals surface area (Å²) < 4.78 is 41.0. The molecule has 6 N–H and O–H groups in total. The van der Waals surface area contributed by atoms with Crippen LogP contribution in [0, 0.1) is 51.2 Å². The molecule has 1 aromatic rings. The van der Waals surface area contributed by atoms with Gasteiger partial charge in [0, 0.05) is 57.9 Å². The summed E-state index contributed by atoms with van der Waals surface area (Å²) >= 11 is 0. The fourth-order valence-electron chi connectivity index (χ4n) is 15.4. The van der Waals surface area contributed by atoms with Crippen LogP contribution < -0.4 is 5.32 Å². The number of carbonyl (C=O) groups is 2. The van der Waals surface area contributed by atoms with Gasteiger partial charge in [-0.25, -0.2) is 9.59 Å². The minimum absolute atomic E-state index is 0.00103. The van der Waals surface area contributed by atoms with E-state index in [0.717, 1.165) is 44.1 Å². The van der Waals surface area contributed by atoms with E-state index in [4.69, 9.17) is 0 Å². The van der Waals surface area contributed by atoms with Gasteiger partial charge in [-0.1, -0.05) is 65.0 Å². The number of allylic oxidation sites excluding steroid dienone is 3. The van der Waals surface area contributed by atoms with Gasteiger partial charge in [-0.3, -0.25) is 28.0 Å². The van der Waals surface area contributed by atoms with Gasteiger partial charge in [-0.05, 0) is 139 Å². The molecule has 0 spiro atoms. The Morgan fingerprint density at radius 1 is 0.774 bits per heavy atom. The number of carbonyl (C=O) groups excluding carboxylic acids is 1. The lowest BCUT2D eigenvalue weighted by Crippen LogP contribution is -2.69. The molecule has 1 aromatic carbocycles. The van der Waals surface area contributed by atoms with Crippen molar-refractivity contribution in [1.29, 1.82) is 0 Å². The smallest absolute Gasteiger partial charge is 0.335 e. The standard InChI is InChI=1S/C49H78N4O7S2/c1-34(2)37-14-19-49(50-44(56)53(24-22-51-26-30-61(57,58)31-27-51)25-23-52-28-32-62(59,60)33-29-52)21-20-47(6)39(42(37)49)12-13-41-46(5)17-15-38(35-8-10-36(11-9-35)43(54)55)45(3,4)40(46)16-18-48(41,47)7/h8-11,15,37,39-42,57-60H,1,12-14,16-33H2,2-7H3,(H,50,56)(H,54,55)/t37-,39+,40-,41+,42+,46-,47+,48+,49-/m0/s1. The third kappa shape index (κ3) is 8.12. The van der Waals surface area contributed by atoms with E-state index in [1.54, 1.807) is 12.1 Å². The lowest BCUT2D eigenvalue weighted by Gasteiger charge is -2.72. The molecule has 0 unspecified atom stereocenters. The number of nitrogens with one attached hydrogen (secondary N) is 1. The maximum absolute atomic E-state index is 14.9. The SMILES string of the molecule is C=C(C)[C@@H]1CC[C@]2(NC(=O)N(CCN3CCS(O)(O)CC3)CCN3CCS(O)(O)CC3)CC[C@]3(C)[C@H](CC[C@@H]4[C@@]5(C)CC=C(c6ccc(C(=O)O)cc6)C(C)(C)[C@@H]5CC[C@]43C)[C@@H]12. The van der Waals surface area contributed by atoms with E-state index in [1.165, 1.54) is 30.4 Å². The quantitative estimate of drug-likeness (QED) is 0.126. The van der Waals surface area contributed by atoms with Gasteiger partial charge in [-0.15, -0.1) is 0 Å². The van der Waals surface area contributed by atoms with E-state index < -0.39 is 27.1 Å². The van der Waals surface area contributed by atoms with E-state index in [-0.39, 0.29) is 33.2 Å². The Bertz CT molecular complexity index is 1870. The minimum atomic E-state index is -2.51. The molecule has 7 aliphatic rings. The average molecular weight is 899 g/mol. The van der Waals surface area contributed by atoms with Crippen molar-refractivity contribution in [1.82, 2.24) is 20.0 Å². The van der Waals surface area contributed by atoms with Crippen LogP contribution in [0.15, 0.2) is 42.5 Å². The first-order chi connectivity index (χ1) is 29.0. The van der Waals surface area contributed by atoms with Gasteiger partial charge in [0.2, 0.25) is 0 Å². The molecule has 8 rings (SSSR count). The number of carboxylic acids is 1. The van der Waals surface area contributed by atoms with Gasteiger partial charge < -0.3 is 15.3 Å². The predicted molar refractivity (Wildman–Crippen MR) is 254 cm³/mol. The summed E-state index contributed by atoms with van der Waals surface area (Å²) in [6.45, 7) is 24.5. The monoisotopic (exact) mass is 899 g/mol. The second kappa shape index (κ2) is 16.7. The fraction of sp³-hybridized carbons (Fsp3) is 0.755. The Labute approximate surface area is 375 Å². The van der Waals surface area contributed by atoms with Crippen LogP contribution in [0.1, 0.15) is 115 Å². The van der Waals surface area contributed by atoms with Crippen LogP contribution in [0.5, 0.6) is 0 Å². The summed E-state index contributed by atoms with van der Waals surface area (Å²) in [6.07, 6.45) is 12.3. The molecule has 11 nitrogen and oxygen atoms in total. The summed E-state index contributed by atoms with van der Waals surface area (Å²) in [5.41, 5.74) is 4.08. The lowest BCUT2D eigenvalue weighted by molar-refractivity contribution is -0.218. The number of nitrogens with zero attached hydrogens (tertiary/aromatic N) is 3. The highest BCUT2D eigenvalue weighted by molar-refractivity contribution is 8.24. The van der Waals surface area contributed by atoms with Crippen LogP contribution in [-0.2, 0) is 0 Å². The highest BCUT2D eigenvalue weighted by Crippen LogP contribution is 2.76.